The quantitative estimate of drug-likeness (QED) is 0.254. The average molecular weight is 659 g/mol. The summed E-state index contributed by atoms with van der Waals surface area (Å²) >= 11 is 0. The van der Waals surface area contributed by atoms with Crippen molar-refractivity contribution in [1.82, 2.24) is 25.5 Å². The van der Waals surface area contributed by atoms with Gasteiger partial charge in [-0.2, -0.15) is 9.97 Å². The second-order valence-electron chi connectivity index (χ2n) is 14.7. The molecule has 3 aromatic carbocycles. The van der Waals surface area contributed by atoms with Crippen molar-refractivity contribution >= 4 is 33.4 Å². The van der Waals surface area contributed by atoms with Crippen molar-refractivity contribution in [3.05, 3.63) is 53.8 Å². The van der Waals surface area contributed by atoms with E-state index in [1.807, 2.05) is 0 Å². The van der Waals surface area contributed by atoms with Gasteiger partial charge < -0.3 is 30.3 Å². The van der Waals surface area contributed by atoms with Crippen LogP contribution >= 0.6 is 0 Å². The van der Waals surface area contributed by atoms with Crippen LogP contribution < -0.4 is 20.3 Å². The van der Waals surface area contributed by atoms with Crippen LogP contribution in [0.15, 0.2) is 36.4 Å². The zero-order chi connectivity index (χ0) is 32.8. The molecule has 1 amide bonds. The molecule has 4 aliphatic heterocycles. The van der Waals surface area contributed by atoms with Gasteiger partial charge in [0.1, 0.15) is 17.1 Å². The Morgan fingerprint density at radius 1 is 0.958 bits per heavy atom. The molecule has 3 N–H and O–H groups in total. The lowest BCUT2D eigenvalue weighted by atomic mass is 9.95. The van der Waals surface area contributed by atoms with E-state index >= 15 is 8.78 Å². The Morgan fingerprint density at radius 2 is 1.77 bits per heavy atom. The highest BCUT2D eigenvalue weighted by atomic mass is 19.2. The molecule has 48 heavy (non-hydrogen) atoms. The highest BCUT2D eigenvalue weighted by molar-refractivity contribution is 6.01. The van der Waals surface area contributed by atoms with Crippen molar-refractivity contribution in [3.8, 4) is 22.9 Å². The van der Waals surface area contributed by atoms with Crippen molar-refractivity contribution in [2.45, 2.75) is 62.6 Å². The van der Waals surface area contributed by atoms with Crippen LogP contribution in [0.5, 0.6) is 11.8 Å². The van der Waals surface area contributed by atoms with E-state index in [1.54, 1.807) is 6.07 Å². The number of nitrogens with one attached hydrogen (secondary N) is 2. The number of carbonyl (C=O) groups is 1. The van der Waals surface area contributed by atoms with E-state index in [1.165, 1.54) is 24.3 Å². The third-order valence-corrected chi connectivity index (χ3v) is 11.3. The number of hydrogen-bond acceptors (Lipinski definition) is 8. The zero-order valence-electron chi connectivity index (χ0n) is 26.5. The number of aromatic hydroxyl groups is 1. The number of hydrogen-bond donors (Lipinski definition) is 3. The maximum absolute atomic E-state index is 16.8. The number of amides is 1. The normalized spacial score (nSPS) is 26.2. The number of rotatable bonds is 7. The molecular formula is C36H37F3N6O3. The van der Waals surface area contributed by atoms with Gasteiger partial charge in [0.05, 0.1) is 12.1 Å². The van der Waals surface area contributed by atoms with E-state index in [2.05, 4.69) is 25.4 Å². The second kappa shape index (κ2) is 10.9. The summed E-state index contributed by atoms with van der Waals surface area (Å²) in [6, 6.07) is 8.85. The molecule has 9 rings (SSSR count). The molecule has 3 atom stereocenters. The predicted octanol–water partition coefficient (Wildman–Crippen LogP) is 5.03. The van der Waals surface area contributed by atoms with E-state index in [-0.39, 0.29) is 56.0 Å². The van der Waals surface area contributed by atoms with Gasteiger partial charge in [-0.3, -0.25) is 4.79 Å². The first-order chi connectivity index (χ1) is 23.2. The number of anilines is 1. The number of carbonyl (C=O) groups excluding carboxylic acids is 1. The van der Waals surface area contributed by atoms with Gasteiger partial charge >= 0.3 is 6.01 Å². The van der Waals surface area contributed by atoms with Crippen LogP contribution in [0.25, 0.3) is 32.8 Å². The van der Waals surface area contributed by atoms with E-state index in [4.69, 9.17) is 9.72 Å². The first kappa shape index (κ1) is 29.9. The van der Waals surface area contributed by atoms with Gasteiger partial charge in [-0.05, 0) is 73.7 Å². The Hall–Kier alpha value is -4.16. The summed E-state index contributed by atoms with van der Waals surface area (Å²) < 4.78 is 52.7. The number of likely N-dealkylation sites (tertiary alicyclic amines) is 1. The van der Waals surface area contributed by atoms with Crippen LogP contribution in [0.4, 0.5) is 19.0 Å². The Bertz CT molecular complexity index is 1980. The number of fused-ring (bicyclic) bond motifs is 4. The summed E-state index contributed by atoms with van der Waals surface area (Å²) in [6.45, 7) is 4.41. The first-order valence-corrected chi connectivity index (χ1v) is 17.0. The third-order valence-electron chi connectivity index (χ3n) is 11.3. The van der Waals surface area contributed by atoms with Gasteiger partial charge in [0.2, 0.25) is 5.91 Å². The SMILES string of the molecule is O=C1CCC2(CCN(CC3(COc4nc(N5CC6CCC(C5)N6)c5ccc(-c6cc(O)cc7ccc(F)c(F)c67)c(F)c5n4)CC3)C2)N1. The summed E-state index contributed by atoms with van der Waals surface area (Å²) in [7, 11) is 0. The molecular weight excluding hydrogens is 621 g/mol. The van der Waals surface area contributed by atoms with Gasteiger partial charge in [-0.25, -0.2) is 13.2 Å². The van der Waals surface area contributed by atoms with Crippen LogP contribution in [0.2, 0.25) is 0 Å². The summed E-state index contributed by atoms with van der Waals surface area (Å²) in [4.78, 5) is 26.0. The molecule has 5 fully saturated rings. The lowest BCUT2D eigenvalue weighted by Gasteiger charge is -2.34. The molecule has 3 unspecified atom stereocenters. The number of aromatic nitrogens is 2. The van der Waals surface area contributed by atoms with Gasteiger partial charge in [-0.1, -0.05) is 12.1 Å². The molecule has 1 spiro atoms. The Morgan fingerprint density at radius 3 is 2.52 bits per heavy atom. The van der Waals surface area contributed by atoms with E-state index in [9.17, 15) is 14.3 Å². The van der Waals surface area contributed by atoms with Crippen LogP contribution in [0.1, 0.15) is 44.9 Å². The number of phenolic OH excluding ortho intramolecular Hbond substituents is 1. The molecule has 1 saturated carbocycles. The maximum atomic E-state index is 16.8. The van der Waals surface area contributed by atoms with Crippen molar-refractivity contribution in [1.29, 1.82) is 0 Å². The van der Waals surface area contributed by atoms with Gasteiger partial charge in [0.25, 0.3) is 0 Å². The summed E-state index contributed by atoms with van der Waals surface area (Å²) in [5.74, 6) is -2.37. The largest absolute Gasteiger partial charge is 0.508 e. The Kier molecular flexibility index (Phi) is 6.82. The van der Waals surface area contributed by atoms with Gasteiger partial charge in [0.15, 0.2) is 17.5 Å². The van der Waals surface area contributed by atoms with Gasteiger partial charge in [-0.15, -0.1) is 0 Å². The molecule has 1 aliphatic carbocycles. The Balaban J connectivity index is 1.07. The monoisotopic (exact) mass is 658 g/mol. The van der Waals surface area contributed by atoms with Crippen LogP contribution in [0.3, 0.4) is 0 Å². The van der Waals surface area contributed by atoms with Crippen molar-refractivity contribution in [2.75, 3.05) is 44.2 Å². The minimum absolute atomic E-state index is 0.00971. The molecule has 4 saturated heterocycles. The predicted molar refractivity (Wildman–Crippen MR) is 175 cm³/mol. The molecule has 12 heteroatoms. The zero-order valence-corrected chi connectivity index (χ0v) is 26.5. The maximum Gasteiger partial charge on any atom is 0.319 e. The molecule has 0 radical (unpaired) electrons. The first-order valence-electron chi connectivity index (χ1n) is 17.0. The molecule has 9 nitrogen and oxygen atoms in total. The summed E-state index contributed by atoms with van der Waals surface area (Å²) in [6.07, 6.45) is 6.52. The highest BCUT2D eigenvalue weighted by Gasteiger charge is 2.49. The number of phenols is 1. The van der Waals surface area contributed by atoms with Crippen molar-refractivity contribution in [2.24, 2.45) is 5.41 Å². The van der Waals surface area contributed by atoms with E-state index < -0.39 is 17.5 Å². The standard InChI is InChI=1S/C36H37F3N6O3/c37-27-6-1-20-13-23(46)14-26(29(20)31(27)39)24-4-5-25-32(30(24)38)41-34(42-33(25)45-15-21-2-3-22(16-45)40-21)48-19-35(9-10-35)17-44-12-11-36(18-44)8-7-28(47)43-36/h1,4-6,13-14,21-22,40,46H,2-3,7-12,15-19H2,(H,43,47). The molecule has 1 aromatic heterocycles. The highest BCUT2D eigenvalue weighted by Crippen LogP contribution is 2.48. The second-order valence-corrected chi connectivity index (χ2v) is 14.7. The van der Waals surface area contributed by atoms with E-state index in [0.717, 1.165) is 64.2 Å². The lowest BCUT2D eigenvalue weighted by molar-refractivity contribution is -0.119. The summed E-state index contributed by atoms with van der Waals surface area (Å²) in [5.41, 5.74) is -0.135. The molecule has 5 heterocycles. The number of ether oxygens (including phenoxy) is 1. The fraction of sp³-hybridized carbons (Fsp3) is 0.472. The number of piperazine rings is 1. The number of benzene rings is 3. The molecule has 5 aliphatic rings. The third kappa shape index (κ3) is 5.11. The number of halogens is 3. The fourth-order valence-corrected chi connectivity index (χ4v) is 8.59. The minimum Gasteiger partial charge on any atom is -0.508 e. The van der Waals surface area contributed by atoms with Crippen LogP contribution in [-0.2, 0) is 4.79 Å². The summed E-state index contributed by atoms with van der Waals surface area (Å²) in [5, 5.41) is 17.9. The smallest absolute Gasteiger partial charge is 0.319 e. The molecule has 250 valence electrons. The fourth-order valence-electron chi connectivity index (χ4n) is 8.59. The molecule has 4 aromatic rings. The average Bonchev–Trinajstić information content (AvgIpc) is 3.37. The van der Waals surface area contributed by atoms with Crippen LogP contribution in [-0.4, -0.2) is 82.8 Å². The van der Waals surface area contributed by atoms with Crippen molar-refractivity contribution < 1.29 is 27.8 Å². The topological polar surface area (TPSA) is 103 Å². The number of nitrogens with zero attached hydrogens (tertiary/aromatic N) is 4. The lowest BCUT2D eigenvalue weighted by Crippen LogP contribution is -2.51. The molecule has 2 bridgehead atoms. The van der Waals surface area contributed by atoms with Crippen LogP contribution in [0, 0.1) is 22.9 Å². The minimum atomic E-state index is -1.11. The van der Waals surface area contributed by atoms with Crippen molar-refractivity contribution in [3.63, 3.8) is 0 Å². The van der Waals surface area contributed by atoms with Gasteiger partial charge in [0, 0.05) is 73.0 Å². The van der Waals surface area contributed by atoms with E-state index in [0.29, 0.717) is 49.4 Å². The Labute approximate surface area is 275 Å².